The summed E-state index contributed by atoms with van der Waals surface area (Å²) in [5, 5.41) is 0. The van der Waals surface area contributed by atoms with E-state index >= 15 is 0 Å². The molecule has 4 nitrogen and oxygen atoms in total. The third-order valence-electron chi connectivity index (χ3n) is 2.39. The number of rotatable bonds is 2. The first-order valence-electron chi connectivity index (χ1n) is 4.69. The minimum absolute atomic E-state index is 0.193. The van der Waals surface area contributed by atoms with Gasteiger partial charge in [-0.05, 0) is 18.6 Å². The Morgan fingerprint density at radius 3 is 2.73 bits per heavy atom. The van der Waals surface area contributed by atoms with Gasteiger partial charge in [0.05, 0.1) is 11.4 Å². The lowest BCUT2D eigenvalue weighted by Gasteiger charge is -2.16. The van der Waals surface area contributed by atoms with Crippen molar-refractivity contribution in [1.82, 2.24) is 0 Å². The van der Waals surface area contributed by atoms with E-state index < -0.39 is 10.0 Å². The van der Waals surface area contributed by atoms with E-state index in [0.717, 1.165) is 0 Å². The highest BCUT2D eigenvalue weighted by Gasteiger charge is 2.28. The maximum atomic E-state index is 11.6. The topological polar surface area (TPSA) is 54.5 Å². The van der Waals surface area contributed by atoms with Crippen LogP contribution in [0.25, 0.3) is 0 Å². The number of nitrogens with zero attached hydrogens (tertiary/aromatic N) is 1. The third kappa shape index (κ3) is 1.87. The Hall–Kier alpha value is -1.36. The molecule has 0 amide bonds. The molecule has 0 atom stereocenters. The Kier molecular flexibility index (Phi) is 2.48. The van der Waals surface area contributed by atoms with Crippen LogP contribution in [0.15, 0.2) is 24.3 Å². The number of hydrogen-bond acceptors (Lipinski definition) is 3. The van der Waals surface area contributed by atoms with Crippen LogP contribution in [0.1, 0.15) is 16.8 Å². The zero-order chi connectivity index (χ0) is 10.9. The number of sulfonamides is 1. The number of benzene rings is 1. The summed E-state index contributed by atoms with van der Waals surface area (Å²) in [5.41, 5.74) is 1.08. The van der Waals surface area contributed by atoms with Crippen molar-refractivity contribution in [3.63, 3.8) is 0 Å². The second-order valence-electron chi connectivity index (χ2n) is 3.45. The molecule has 80 valence electrons. The molecule has 0 aromatic heterocycles. The van der Waals surface area contributed by atoms with Crippen LogP contribution in [0.3, 0.4) is 0 Å². The molecule has 0 spiro atoms. The molecule has 1 fully saturated rings. The quantitative estimate of drug-likeness (QED) is 0.707. The molecule has 0 radical (unpaired) electrons. The highest BCUT2D eigenvalue weighted by atomic mass is 32.2. The molecule has 0 aliphatic carbocycles. The molecule has 1 aliphatic rings. The Balaban J connectivity index is 2.41. The fourth-order valence-corrected chi connectivity index (χ4v) is 3.24. The predicted molar refractivity (Wildman–Crippen MR) is 57.6 cm³/mol. The van der Waals surface area contributed by atoms with E-state index in [-0.39, 0.29) is 5.75 Å². The normalized spacial score (nSPS) is 19.1. The molecule has 1 aromatic carbocycles. The Labute approximate surface area is 88.6 Å². The Morgan fingerprint density at radius 1 is 1.33 bits per heavy atom. The number of hydrogen-bond donors (Lipinski definition) is 0. The fraction of sp³-hybridized carbons (Fsp3) is 0.300. The van der Waals surface area contributed by atoms with Crippen molar-refractivity contribution in [2.45, 2.75) is 6.42 Å². The van der Waals surface area contributed by atoms with Gasteiger partial charge in [-0.15, -0.1) is 0 Å². The smallest absolute Gasteiger partial charge is 0.235 e. The average Bonchev–Trinajstić information content (AvgIpc) is 2.58. The van der Waals surface area contributed by atoms with Crippen molar-refractivity contribution in [2.75, 3.05) is 16.6 Å². The summed E-state index contributed by atoms with van der Waals surface area (Å²) in [6.07, 6.45) is 1.36. The molecule has 0 saturated carbocycles. The van der Waals surface area contributed by atoms with Crippen molar-refractivity contribution in [3.8, 4) is 0 Å². The molecule has 1 heterocycles. The van der Waals surface area contributed by atoms with Crippen LogP contribution < -0.4 is 4.31 Å². The lowest BCUT2D eigenvalue weighted by atomic mass is 10.2. The predicted octanol–water partition coefficient (Wildman–Crippen LogP) is 1.04. The molecule has 0 bridgehead atoms. The van der Waals surface area contributed by atoms with E-state index in [4.69, 9.17) is 0 Å². The number of anilines is 1. The van der Waals surface area contributed by atoms with Gasteiger partial charge in [-0.2, -0.15) is 0 Å². The highest BCUT2D eigenvalue weighted by Crippen LogP contribution is 2.24. The molecular weight excluding hydrogens is 214 g/mol. The van der Waals surface area contributed by atoms with Crippen LogP contribution in [0, 0.1) is 0 Å². The van der Waals surface area contributed by atoms with Gasteiger partial charge in [0.2, 0.25) is 10.0 Å². The number of carbonyl (C=O) groups is 1. The fourth-order valence-electron chi connectivity index (χ4n) is 1.68. The number of carbonyl (C=O) groups excluding carboxylic acids is 1. The molecule has 1 aliphatic heterocycles. The van der Waals surface area contributed by atoms with Crippen molar-refractivity contribution in [3.05, 3.63) is 29.8 Å². The summed E-state index contributed by atoms with van der Waals surface area (Å²) in [5.74, 6) is 0.193. The summed E-state index contributed by atoms with van der Waals surface area (Å²) in [7, 11) is -3.15. The summed E-state index contributed by atoms with van der Waals surface area (Å²) >= 11 is 0. The molecule has 0 unspecified atom stereocenters. The Morgan fingerprint density at radius 2 is 2.13 bits per heavy atom. The van der Waals surface area contributed by atoms with Crippen LogP contribution in [0.5, 0.6) is 0 Å². The minimum atomic E-state index is -3.15. The Bertz CT molecular complexity index is 481. The van der Waals surface area contributed by atoms with Crippen molar-refractivity contribution in [1.29, 1.82) is 0 Å². The first kappa shape index (κ1) is 10.2. The molecule has 1 saturated heterocycles. The van der Waals surface area contributed by atoms with E-state index in [9.17, 15) is 13.2 Å². The summed E-state index contributed by atoms with van der Waals surface area (Å²) in [6.45, 7) is 0.505. The first-order chi connectivity index (χ1) is 7.13. The third-order valence-corrected chi connectivity index (χ3v) is 4.26. The lowest BCUT2D eigenvalue weighted by Crippen LogP contribution is -2.25. The van der Waals surface area contributed by atoms with Crippen molar-refractivity contribution >= 4 is 22.0 Å². The monoisotopic (exact) mass is 225 g/mol. The molecule has 15 heavy (non-hydrogen) atoms. The highest BCUT2D eigenvalue weighted by molar-refractivity contribution is 7.93. The van der Waals surface area contributed by atoms with E-state index in [2.05, 4.69) is 0 Å². The van der Waals surface area contributed by atoms with Gasteiger partial charge < -0.3 is 0 Å². The van der Waals surface area contributed by atoms with E-state index in [1.165, 1.54) is 4.31 Å². The average molecular weight is 225 g/mol. The largest absolute Gasteiger partial charge is 0.298 e. The van der Waals surface area contributed by atoms with E-state index in [1.807, 2.05) is 0 Å². The molecular formula is C10H11NO3S. The van der Waals surface area contributed by atoms with Crippen molar-refractivity contribution in [2.24, 2.45) is 0 Å². The lowest BCUT2D eigenvalue weighted by molar-refractivity contribution is 0.112. The van der Waals surface area contributed by atoms with Gasteiger partial charge in [-0.3, -0.25) is 9.10 Å². The molecule has 1 aromatic rings. The zero-order valence-corrected chi connectivity index (χ0v) is 8.90. The summed E-state index contributed by atoms with van der Waals surface area (Å²) in [4.78, 5) is 10.6. The van der Waals surface area contributed by atoms with Gasteiger partial charge >= 0.3 is 0 Å². The molecule has 2 rings (SSSR count). The van der Waals surface area contributed by atoms with Gasteiger partial charge in [0.25, 0.3) is 0 Å². The van der Waals surface area contributed by atoms with Gasteiger partial charge in [-0.1, -0.05) is 12.1 Å². The number of aldehydes is 1. The van der Waals surface area contributed by atoms with Crippen molar-refractivity contribution < 1.29 is 13.2 Å². The van der Waals surface area contributed by atoms with Crippen LogP contribution in [0.4, 0.5) is 5.69 Å². The van der Waals surface area contributed by atoms with Crippen LogP contribution in [-0.2, 0) is 10.0 Å². The van der Waals surface area contributed by atoms with Crippen LogP contribution >= 0.6 is 0 Å². The van der Waals surface area contributed by atoms with E-state index in [0.29, 0.717) is 30.5 Å². The zero-order valence-electron chi connectivity index (χ0n) is 8.09. The van der Waals surface area contributed by atoms with Gasteiger partial charge in [0.1, 0.15) is 6.29 Å². The second kappa shape index (κ2) is 3.66. The SMILES string of the molecule is O=Cc1cccc(N2CCCS2(=O)=O)c1. The van der Waals surface area contributed by atoms with E-state index in [1.54, 1.807) is 24.3 Å². The summed E-state index contributed by atoms with van der Waals surface area (Å²) < 4.78 is 24.6. The molecule has 0 N–H and O–H groups in total. The minimum Gasteiger partial charge on any atom is -0.298 e. The maximum absolute atomic E-state index is 11.6. The van der Waals surface area contributed by atoms with Crippen LogP contribution in [0.2, 0.25) is 0 Å². The van der Waals surface area contributed by atoms with Gasteiger partial charge in [0, 0.05) is 12.1 Å². The first-order valence-corrected chi connectivity index (χ1v) is 6.30. The summed E-state index contributed by atoms with van der Waals surface area (Å²) in [6, 6.07) is 6.64. The molecule has 5 heteroatoms. The standard InChI is InChI=1S/C10H11NO3S/c12-8-9-3-1-4-10(7-9)11-5-2-6-15(11,13)14/h1,3-4,7-8H,2,5-6H2. The van der Waals surface area contributed by atoms with Gasteiger partial charge in [-0.25, -0.2) is 8.42 Å². The second-order valence-corrected chi connectivity index (χ2v) is 5.47. The van der Waals surface area contributed by atoms with Crippen LogP contribution in [-0.4, -0.2) is 27.0 Å². The maximum Gasteiger partial charge on any atom is 0.235 e. The van der Waals surface area contributed by atoms with Gasteiger partial charge in [0.15, 0.2) is 0 Å².